The number of hydrogen-bond donors (Lipinski definition) is 2. The molecule has 0 spiro atoms. The molecule has 2 N–H and O–H groups in total. The second kappa shape index (κ2) is 6.12. The largest absolute Gasteiger partial charge is 0.478 e. The van der Waals surface area contributed by atoms with Crippen LogP contribution in [0.4, 0.5) is 0 Å². The summed E-state index contributed by atoms with van der Waals surface area (Å²) in [6, 6.07) is 2.75. The van der Waals surface area contributed by atoms with E-state index in [0.29, 0.717) is 18.1 Å². The summed E-state index contributed by atoms with van der Waals surface area (Å²) in [5.74, 6) is -0.812. The zero-order chi connectivity index (χ0) is 15.4. The number of aryl methyl sites for hydroxylation is 2. The summed E-state index contributed by atoms with van der Waals surface area (Å²) in [5, 5.41) is 19.3. The van der Waals surface area contributed by atoms with Crippen molar-refractivity contribution in [1.82, 2.24) is 25.1 Å². The Bertz CT molecular complexity index is 680. The first kappa shape index (κ1) is 14.6. The number of rotatable bonds is 5. The molecule has 8 heteroatoms. The van der Waals surface area contributed by atoms with E-state index in [1.165, 1.54) is 12.1 Å². The molecule has 0 saturated heterocycles. The first-order chi connectivity index (χ1) is 10.0. The second-order valence-corrected chi connectivity index (χ2v) is 4.35. The average molecular weight is 289 g/mol. The number of aromatic carboxylic acids is 1. The van der Waals surface area contributed by atoms with Crippen LogP contribution in [0.25, 0.3) is 0 Å². The number of aromatic nitrogens is 4. The first-order valence-electron chi connectivity index (χ1n) is 6.38. The van der Waals surface area contributed by atoms with Gasteiger partial charge in [-0.05, 0) is 26.0 Å². The quantitative estimate of drug-likeness (QED) is 0.835. The number of hydrogen-bond acceptors (Lipinski definition) is 5. The van der Waals surface area contributed by atoms with Gasteiger partial charge in [-0.25, -0.2) is 9.78 Å². The third kappa shape index (κ3) is 3.22. The van der Waals surface area contributed by atoms with Gasteiger partial charge in [0.05, 0.1) is 17.8 Å². The van der Waals surface area contributed by atoms with E-state index in [-0.39, 0.29) is 23.7 Å². The van der Waals surface area contributed by atoms with E-state index in [1.807, 2.05) is 11.5 Å². The van der Waals surface area contributed by atoms with Gasteiger partial charge in [0.25, 0.3) is 5.91 Å². The van der Waals surface area contributed by atoms with Crippen molar-refractivity contribution < 1.29 is 14.7 Å². The summed E-state index contributed by atoms with van der Waals surface area (Å²) >= 11 is 0. The first-order valence-corrected chi connectivity index (χ1v) is 6.38. The fourth-order valence-electron chi connectivity index (χ4n) is 1.84. The van der Waals surface area contributed by atoms with E-state index >= 15 is 0 Å². The second-order valence-electron chi connectivity index (χ2n) is 4.35. The molecular weight excluding hydrogens is 274 g/mol. The third-order valence-corrected chi connectivity index (χ3v) is 2.99. The molecule has 0 aliphatic carbocycles. The van der Waals surface area contributed by atoms with E-state index in [0.717, 1.165) is 0 Å². The maximum atomic E-state index is 12.0. The maximum Gasteiger partial charge on any atom is 0.337 e. The van der Waals surface area contributed by atoms with Gasteiger partial charge in [0.1, 0.15) is 12.0 Å². The molecule has 0 fully saturated rings. The van der Waals surface area contributed by atoms with Gasteiger partial charge in [0.15, 0.2) is 5.82 Å². The summed E-state index contributed by atoms with van der Waals surface area (Å²) in [4.78, 5) is 26.9. The molecule has 0 aliphatic rings. The fourth-order valence-corrected chi connectivity index (χ4v) is 1.84. The van der Waals surface area contributed by atoms with Crippen LogP contribution in [-0.4, -0.2) is 36.7 Å². The third-order valence-electron chi connectivity index (χ3n) is 2.99. The highest BCUT2D eigenvalue weighted by molar-refractivity contribution is 5.94. The Morgan fingerprint density at radius 1 is 1.38 bits per heavy atom. The van der Waals surface area contributed by atoms with Crippen molar-refractivity contribution in [1.29, 1.82) is 0 Å². The summed E-state index contributed by atoms with van der Waals surface area (Å²) in [5.41, 5.74) is 0.546. The van der Waals surface area contributed by atoms with Gasteiger partial charge in [0.2, 0.25) is 0 Å². The number of nitrogens with zero attached hydrogens (tertiary/aromatic N) is 4. The van der Waals surface area contributed by atoms with Crippen LogP contribution in [0.1, 0.15) is 39.3 Å². The fraction of sp³-hybridized carbons (Fsp3) is 0.308. The molecule has 0 atom stereocenters. The van der Waals surface area contributed by atoms with Crippen LogP contribution < -0.4 is 5.32 Å². The highest BCUT2D eigenvalue weighted by Gasteiger charge is 2.13. The standard InChI is InChI=1S/C13H15N5O3/c1-3-18-7-15-17-11(18)6-14-12(19)10-5-4-9(13(20)21)8(2)16-10/h4-5,7H,3,6H2,1-2H3,(H,14,19)(H,20,21). The lowest BCUT2D eigenvalue weighted by Gasteiger charge is -2.07. The lowest BCUT2D eigenvalue weighted by atomic mass is 10.2. The molecule has 2 rings (SSSR count). The topological polar surface area (TPSA) is 110 Å². The highest BCUT2D eigenvalue weighted by Crippen LogP contribution is 2.07. The molecule has 2 heterocycles. The molecular formula is C13H15N5O3. The summed E-state index contributed by atoms with van der Waals surface area (Å²) in [6.07, 6.45) is 1.59. The molecule has 0 aliphatic heterocycles. The predicted molar refractivity (Wildman–Crippen MR) is 72.8 cm³/mol. The Morgan fingerprint density at radius 3 is 2.76 bits per heavy atom. The Labute approximate surface area is 120 Å². The number of carboxylic acids is 1. The molecule has 0 bridgehead atoms. The highest BCUT2D eigenvalue weighted by atomic mass is 16.4. The van der Waals surface area contributed by atoms with Crippen molar-refractivity contribution in [3.05, 3.63) is 41.2 Å². The van der Waals surface area contributed by atoms with Gasteiger partial charge < -0.3 is 15.0 Å². The van der Waals surface area contributed by atoms with Gasteiger partial charge in [-0.1, -0.05) is 0 Å². The number of carbonyl (C=O) groups excluding carboxylic acids is 1. The maximum absolute atomic E-state index is 12.0. The van der Waals surface area contributed by atoms with Crippen molar-refractivity contribution in [3.8, 4) is 0 Å². The monoisotopic (exact) mass is 289 g/mol. The van der Waals surface area contributed by atoms with Crippen LogP contribution >= 0.6 is 0 Å². The van der Waals surface area contributed by atoms with Crippen molar-refractivity contribution >= 4 is 11.9 Å². The molecule has 110 valence electrons. The Hall–Kier alpha value is -2.77. The minimum atomic E-state index is -1.07. The summed E-state index contributed by atoms with van der Waals surface area (Å²) in [7, 11) is 0. The normalized spacial score (nSPS) is 10.4. The van der Waals surface area contributed by atoms with Gasteiger partial charge in [0, 0.05) is 6.54 Å². The molecule has 1 amide bonds. The minimum Gasteiger partial charge on any atom is -0.478 e. The number of carboxylic acid groups (broad SMARTS) is 1. The van der Waals surface area contributed by atoms with Crippen LogP contribution in [0.3, 0.4) is 0 Å². The predicted octanol–water partition coefficient (Wildman–Crippen LogP) is 0.630. The van der Waals surface area contributed by atoms with E-state index in [2.05, 4.69) is 20.5 Å². The molecule has 0 unspecified atom stereocenters. The zero-order valence-electron chi connectivity index (χ0n) is 11.7. The number of carbonyl (C=O) groups is 2. The van der Waals surface area contributed by atoms with E-state index in [9.17, 15) is 9.59 Å². The van der Waals surface area contributed by atoms with Crippen LogP contribution in [0, 0.1) is 6.92 Å². The van der Waals surface area contributed by atoms with Crippen molar-refractivity contribution in [2.24, 2.45) is 0 Å². The molecule has 0 aromatic carbocycles. The van der Waals surface area contributed by atoms with E-state index in [1.54, 1.807) is 13.3 Å². The average Bonchev–Trinajstić information content (AvgIpc) is 2.91. The van der Waals surface area contributed by atoms with Gasteiger partial charge >= 0.3 is 5.97 Å². The molecule has 0 saturated carbocycles. The Balaban J connectivity index is 2.07. The van der Waals surface area contributed by atoms with Gasteiger partial charge in [-0.15, -0.1) is 10.2 Å². The van der Waals surface area contributed by atoms with Gasteiger partial charge in [-0.3, -0.25) is 4.79 Å². The lowest BCUT2D eigenvalue weighted by molar-refractivity contribution is 0.0694. The number of amides is 1. The molecule has 21 heavy (non-hydrogen) atoms. The van der Waals surface area contributed by atoms with E-state index in [4.69, 9.17) is 5.11 Å². The molecule has 2 aromatic heterocycles. The van der Waals surface area contributed by atoms with E-state index < -0.39 is 5.97 Å². The Morgan fingerprint density at radius 2 is 2.14 bits per heavy atom. The lowest BCUT2D eigenvalue weighted by Crippen LogP contribution is -2.26. The Kier molecular flexibility index (Phi) is 4.27. The smallest absolute Gasteiger partial charge is 0.337 e. The number of nitrogens with one attached hydrogen (secondary N) is 1. The van der Waals surface area contributed by atoms with Crippen LogP contribution in [0.2, 0.25) is 0 Å². The van der Waals surface area contributed by atoms with Gasteiger partial charge in [-0.2, -0.15) is 0 Å². The van der Waals surface area contributed by atoms with Crippen LogP contribution in [0.15, 0.2) is 18.5 Å². The number of pyridine rings is 1. The summed E-state index contributed by atoms with van der Waals surface area (Å²) < 4.78 is 1.81. The van der Waals surface area contributed by atoms with Crippen molar-refractivity contribution in [2.75, 3.05) is 0 Å². The molecule has 0 radical (unpaired) electrons. The van der Waals surface area contributed by atoms with Crippen LogP contribution in [-0.2, 0) is 13.1 Å². The summed E-state index contributed by atoms with van der Waals surface area (Å²) in [6.45, 7) is 4.44. The van der Waals surface area contributed by atoms with Crippen molar-refractivity contribution in [3.63, 3.8) is 0 Å². The van der Waals surface area contributed by atoms with Crippen LogP contribution in [0.5, 0.6) is 0 Å². The minimum absolute atomic E-state index is 0.0808. The SMILES string of the molecule is CCn1cnnc1CNC(=O)c1ccc(C(=O)O)c(C)n1. The molecule has 2 aromatic rings. The zero-order valence-corrected chi connectivity index (χ0v) is 11.7. The van der Waals surface area contributed by atoms with Crippen molar-refractivity contribution in [2.45, 2.75) is 26.9 Å². The molecule has 8 nitrogen and oxygen atoms in total.